The maximum absolute atomic E-state index is 12.9. The second-order valence-corrected chi connectivity index (χ2v) is 7.02. The van der Waals surface area contributed by atoms with E-state index in [9.17, 15) is 14.4 Å². The fourth-order valence-corrected chi connectivity index (χ4v) is 3.56. The van der Waals surface area contributed by atoms with E-state index in [-0.39, 0.29) is 40.3 Å². The third-order valence-corrected chi connectivity index (χ3v) is 5.11. The molecule has 4 aromatic rings. The number of ether oxygens (including phenoxy) is 2. The Kier molecular flexibility index (Phi) is 5.02. The molecular weight excluding hydrogens is 402 g/mol. The van der Waals surface area contributed by atoms with E-state index in [1.165, 1.54) is 25.1 Å². The molecule has 4 rings (SSSR count). The van der Waals surface area contributed by atoms with Crippen LogP contribution in [0.15, 0.2) is 39.8 Å². The van der Waals surface area contributed by atoms with Crippen LogP contribution in [-0.2, 0) is 23.1 Å². The average molecular weight is 421 g/mol. The average Bonchev–Trinajstić information content (AvgIpc) is 3.11. The maximum atomic E-state index is 12.9. The lowest BCUT2D eigenvalue weighted by molar-refractivity contribution is 0.0455. The van der Waals surface area contributed by atoms with Gasteiger partial charge in [-0.1, -0.05) is 18.2 Å². The number of carbonyl (C=O) groups is 2. The quantitative estimate of drug-likeness (QED) is 0.462. The highest BCUT2D eigenvalue weighted by Crippen LogP contribution is 2.26. The molecule has 0 saturated heterocycles. The largest absolute Gasteiger partial charge is 0.465 e. The van der Waals surface area contributed by atoms with Crippen molar-refractivity contribution < 1.29 is 23.5 Å². The van der Waals surface area contributed by atoms with Gasteiger partial charge >= 0.3 is 11.9 Å². The van der Waals surface area contributed by atoms with E-state index in [1.54, 1.807) is 19.9 Å². The molecule has 0 N–H and O–H groups in total. The molecule has 0 aliphatic rings. The Bertz CT molecular complexity index is 1420. The molecule has 0 saturated carbocycles. The minimum atomic E-state index is -0.773. The van der Waals surface area contributed by atoms with Gasteiger partial charge in [-0.25, -0.2) is 19.6 Å². The number of esters is 2. The van der Waals surface area contributed by atoms with Gasteiger partial charge in [-0.2, -0.15) is 0 Å². The molecule has 9 heteroatoms. The molecule has 158 valence electrons. The Morgan fingerprint density at radius 2 is 1.87 bits per heavy atom. The van der Waals surface area contributed by atoms with Crippen LogP contribution in [0.3, 0.4) is 0 Å². The molecule has 3 heterocycles. The highest BCUT2D eigenvalue weighted by Gasteiger charge is 2.25. The first-order chi connectivity index (χ1) is 14.8. The molecule has 0 amide bonds. The number of fused-ring (bicyclic) bond motifs is 2. The third-order valence-electron chi connectivity index (χ3n) is 5.11. The number of hydrogen-bond donors (Lipinski definition) is 0. The normalized spacial score (nSPS) is 11.1. The molecule has 0 spiro atoms. The second kappa shape index (κ2) is 7.67. The van der Waals surface area contributed by atoms with Crippen molar-refractivity contribution in [3.63, 3.8) is 0 Å². The molecule has 0 aliphatic heterocycles. The van der Waals surface area contributed by atoms with Crippen LogP contribution in [0.4, 0.5) is 0 Å². The molecule has 1 aromatic carbocycles. The van der Waals surface area contributed by atoms with E-state index in [2.05, 4.69) is 9.97 Å². The smallest absolute Gasteiger partial charge is 0.343 e. The van der Waals surface area contributed by atoms with Crippen molar-refractivity contribution in [2.24, 2.45) is 7.05 Å². The van der Waals surface area contributed by atoms with Crippen LogP contribution in [0.2, 0.25) is 0 Å². The summed E-state index contributed by atoms with van der Waals surface area (Å²) in [5.41, 5.74) is 1.45. The van der Waals surface area contributed by atoms with Crippen molar-refractivity contribution in [3.8, 4) is 0 Å². The lowest BCUT2D eigenvalue weighted by atomic mass is 10.0. The van der Waals surface area contributed by atoms with Gasteiger partial charge in [-0.15, -0.1) is 0 Å². The fraction of sp³-hybridized carbons (Fsp3) is 0.227. The first-order valence-electron chi connectivity index (χ1n) is 9.41. The SMILES string of the molecule is COC(=O)c1c(COC(=O)c2c(C)oc3ncn(C)c(=O)c23)nc2ccccc2c1C. The number of hydrogen-bond acceptors (Lipinski definition) is 8. The summed E-state index contributed by atoms with van der Waals surface area (Å²) in [4.78, 5) is 46.3. The van der Waals surface area contributed by atoms with Gasteiger partial charge in [-0.3, -0.25) is 4.79 Å². The molecular formula is C22H19N3O6. The number of nitrogens with zero attached hydrogens (tertiary/aromatic N) is 3. The standard InChI is InChI=1S/C22H19N3O6/c1-11-13-7-5-6-8-14(13)24-15(16(11)21(27)29-4)9-30-22(28)17-12(2)31-19-18(17)20(26)25(3)10-23-19/h5-8,10H,9H2,1-4H3. The van der Waals surface area contributed by atoms with Crippen molar-refractivity contribution in [2.45, 2.75) is 20.5 Å². The van der Waals surface area contributed by atoms with E-state index < -0.39 is 17.5 Å². The molecule has 0 aliphatic carbocycles. The van der Waals surface area contributed by atoms with E-state index in [4.69, 9.17) is 13.9 Å². The van der Waals surface area contributed by atoms with Gasteiger partial charge in [0, 0.05) is 12.4 Å². The predicted octanol–water partition coefficient (Wildman–Crippen LogP) is 2.84. The van der Waals surface area contributed by atoms with Crippen molar-refractivity contribution in [1.82, 2.24) is 14.5 Å². The molecule has 0 unspecified atom stereocenters. The monoisotopic (exact) mass is 421 g/mol. The molecule has 9 nitrogen and oxygen atoms in total. The van der Waals surface area contributed by atoms with Gasteiger partial charge in [0.05, 0.1) is 23.9 Å². The van der Waals surface area contributed by atoms with Crippen molar-refractivity contribution in [3.05, 3.63) is 69.1 Å². The third kappa shape index (κ3) is 3.33. The van der Waals surface area contributed by atoms with Crippen molar-refractivity contribution in [1.29, 1.82) is 0 Å². The van der Waals surface area contributed by atoms with Gasteiger partial charge in [0.1, 0.15) is 29.6 Å². The number of aryl methyl sites for hydroxylation is 3. The molecule has 31 heavy (non-hydrogen) atoms. The van der Waals surface area contributed by atoms with Crippen LogP contribution >= 0.6 is 0 Å². The molecule has 3 aromatic heterocycles. The van der Waals surface area contributed by atoms with Crippen LogP contribution < -0.4 is 5.56 Å². The summed E-state index contributed by atoms with van der Waals surface area (Å²) < 4.78 is 17.1. The fourth-order valence-electron chi connectivity index (χ4n) is 3.56. The summed E-state index contributed by atoms with van der Waals surface area (Å²) in [7, 11) is 2.80. The van der Waals surface area contributed by atoms with Crippen molar-refractivity contribution >= 4 is 33.9 Å². The van der Waals surface area contributed by atoms with Gasteiger partial charge in [0.2, 0.25) is 5.71 Å². The van der Waals surface area contributed by atoms with Crippen LogP contribution in [0.25, 0.3) is 22.0 Å². The number of methoxy groups -OCH3 is 1. The number of furan rings is 1. The van der Waals surface area contributed by atoms with Gasteiger partial charge in [-0.05, 0) is 25.5 Å². The van der Waals surface area contributed by atoms with Gasteiger partial charge < -0.3 is 18.5 Å². The zero-order valence-corrected chi connectivity index (χ0v) is 17.4. The lowest BCUT2D eigenvalue weighted by Crippen LogP contribution is -2.19. The molecule has 0 radical (unpaired) electrons. The number of rotatable bonds is 4. The highest BCUT2D eigenvalue weighted by atomic mass is 16.5. The molecule has 0 atom stereocenters. The molecule has 0 fully saturated rings. The minimum absolute atomic E-state index is 0.000768. The Hall–Kier alpha value is -4.01. The maximum Gasteiger partial charge on any atom is 0.343 e. The van der Waals surface area contributed by atoms with E-state index in [0.717, 1.165) is 5.39 Å². The summed E-state index contributed by atoms with van der Waals surface area (Å²) in [5.74, 6) is -1.14. The summed E-state index contributed by atoms with van der Waals surface area (Å²) in [6, 6.07) is 7.33. The molecule has 0 bridgehead atoms. The second-order valence-electron chi connectivity index (χ2n) is 7.02. The van der Waals surface area contributed by atoms with E-state index in [1.807, 2.05) is 18.2 Å². The zero-order chi connectivity index (χ0) is 22.3. The Labute approximate surface area is 176 Å². The van der Waals surface area contributed by atoms with Crippen LogP contribution in [-0.4, -0.2) is 33.6 Å². The number of aromatic nitrogens is 3. The van der Waals surface area contributed by atoms with Crippen LogP contribution in [0, 0.1) is 13.8 Å². The van der Waals surface area contributed by atoms with Gasteiger partial charge in [0.25, 0.3) is 5.56 Å². The Morgan fingerprint density at radius 1 is 1.13 bits per heavy atom. The van der Waals surface area contributed by atoms with E-state index >= 15 is 0 Å². The Balaban J connectivity index is 1.75. The first kappa shape index (κ1) is 20.3. The van der Waals surface area contributed by atoms with Crippen molar-refractivity contribution in [2.75, 3.05) is 7.11 Å². The predicted molar refractivity (Wildman–Crippen MR) is 111 cm³/mol. The summed E-state index contributed by atoms with van der Waals surface area (Å²) in [6.45, 7) is 3.04. The Morgan fingerprint density at radius 3 is 2.61 bits per heavy atom. The number of para-hydroxylation sites is 1. The topological polar surface area (TPSA) is 114 Å². The summed E-state index contributed by atoms with van der Waals surface area (Å²) >= 11 is 0. The zero-order valence-electron chi connectivity index (χ0n) is 17.4. The van der Waals surface area contributed by atoms with Crippen LogP contribution in [0.1, 0.15) is 37.7 Å². The van der Waals surface area contributed by atoms with E-state index in [0.29, 0.717) is 11.1 Å². The number of pyridine rings is 1. The highest BCUT2D eigenvalue weighted by molar-refractivity contribution is 6.03. The lowest BCUT2D eigenvalue weighted by Gasteiger charge is -2.13. The number of benzene rings is 1. The summed E-state index contributed by atoms with van der Waals surface area (Å²) in [6.07, 6.45) is 1.31. The first-order valence-corrected chi connectivity index (χ1v) is 9.41. The van der Waals surface area contributed by atoms with Crippen LogP contribution in [0.5, 0.6) is 0 Å². The van der Waals surface area contributed by atoms with Gasteiger partial charge in [0.15, 0.2) is 0 Å². The summed E-state index contributed by atoms with van der Waals surface area (Å²) in [5, 5.41) is 0.840. The minimum Gasteiger partial charge on any atom is -0.465 e. The number of carbonyl (C=O) groups excluding carboxylic acids is 2.